The average molecular weight is 257 g/mol. The predicted molar refractivity (Wildman–Crippen MR) is 80.9 cm³/mol. The summed E-state index contributed by atoms with van der Waals surface area (Å²) in [4.78, 5) is 0. The summed E-state index contributed by atoms with van der Waals surface area (Å²) in [7, 11) is 0. The van der Waals surface area contributed by atoms with E-state index in [1.54, 1.807) is 0 Å². The van der Waals surface area contributed by atoms with Crippen LogP contribution in [0.2, 0.25) is 0 Å². The van der Waals surface area contributed by atoms with Gasteiger partial charge in [-0.05, 0) is 37.9 Å². The summed E-state index contributed by atoms with van der Waals surface area (Å²) in [5, 5.41) is 3.90. The van der Waals surface area contributed by atoms with Crippen molar-refractivity contribution >= 4 is 11.8 Å². The zero-order valence-electron chi connectivity index (χ0n) is 12.2. The van der Waals surface area contributed by atoms with Gasteiger partial charge in [-0.1, -0.05) is 40.0 Å². The van der Waals surface area contributed by atoms with Crippen LogP contribution < -0.4 is 5.32 Å². The van der Waals surface area contributed by atoms with Crippen LogP contribution in [0.15, 0.2) is 0 Å². The van der Waals surface area contributed by atoms with Crippen molar-refractivity contribution in [2.24, 2.45) is 5.92 Å². The summed E-state index contributed by atoms with van der Waals surface area (Å²) in [5.41, 5.74) is 0. The van der Waals surface area contributed by atoms with E-state index in [9.17, 15) is 0 Å². The Balaban J connectivity index is 2.46. The van der Waals surface area contributed by atoms with Crippen molar-refractivity contribution in [2.75, 3.05) is 12.8 Å². The molecule has 0 aromatic carbocycles. The lowest BCUT2D eigenvalue weighted by Crippen LogP contribution is -2.45. The molecular weight excluding hydrogens is 226 g/mol. The van der Waals surface area contributed by atoms with Crippen molar-refractivity contribution in [3.8, 4) is 0 Å². The van der Waals surface area contributed by atoms with E-state index in [4.69, 9.17) is 0 Å². The summed E-state index contributed by atoms with van der Waals surface area (Å²) < 4.78 is 0.468. The minimum Gasteiger partial charge on any atom is -0.312 e. The molecule has 17 heavy (non-hydrogen) atoms. The first-order valence-electron chi connectivity index (χ1n) is 7.49. The maximum atomic E-state index is 3.90. The van der Waals surface area contributed by atoms with Crippen LogP contribution >= 0.6 is 11.8 Å². The van der Waals surface area contributed by atoms with Crippen LogP contribution in [0.4, 0.5) is 0 Å². The number of rotatable bonds is 7. The van der Waals surface area contributed by atoms with Gasteiger partial charge in [0.05, 0.1) is 0 Å². The Labute approximate surface area is 113 Å². The third kappa shape index (κ3) is 4.17. The lowest BCUT2D eigenvalue weighted by Gasteiger charge is -2.36. The van der Waals surface area contributed by atoms with Gasteiger partial charge in [-0.2, -0.15) is 11.8 Å². The van der Waals surface area contributed by atoms with Crippen LogP contribution in [-0.4, -0.2) is 23.6 Å². The van der Waals surface area contributed by atoms with E-state index in [0.717, 1.165) is 12.0 Å². The molecule has 1 rings (SSSR count). The molecule has 0 heterocycles. The van der Waals surface area contributed by atoms with Gasteiger partial charge in [0, 0.05) is 17.3 Å². The van der Waals surface area contributed by atoms with Crippen molar-refractivity contribution in [1.82, 2.24) is 5.32 Å². The van der Waals surface area contributed by atoms with Crippen LogP contribution in [0, 0.1) is 5.92 Å². The molecule has 1 nitrogen and oxygen atoms in total. The second-order valence-electron chi connectivity index (χ2n) is 5.53. The minimum atomic E-state index is 0.468. The molecule has 0 saturated heterocycles. The van der Waals surface area contributed by atoms with Crippen molar-refractivity contribution in [1.29, 1.82) is 0 Å². The fourth-order valence-corrected chi connectivity index (χ4v) is 3.95. The maximum Gasteiger partial charge on any atom is 0.0276 e. The van der Waals surface area contributed by atoms with E-state index in [1.165, 1.54) is 51.5 Å². The van der Waals surface area contributed by atoms with E-state index in [-0.39, 0.29) is 0 Å². The fraction of sp³-hybridized carbons (Fsp3) is 1.00. The van der Waals surface area contributed by atoms with Gasteiger partial charge in [0.2, 0.25) is 0 Å². The predicted octanol–water partition coefficient (Wildman–Crippen LogP) is 4.47. The molecule has 1 N–H and O–H groups in total. The SMILES string of the molecule is CCC1CCCCC1NCC(CC)(CC)SC. The Kier molecular flexibility index (Phi) is 6.94. The quantitative estimate of drug-likeness (QED) is 0.722. The summed E-state index contributed by atoms with van der Waals surface area (Å²) in [5.74, 6) is 0.928. The van der Waals surface area contributed by atoms with Crippen LogP contribution in [0.3, 0.4) is 0 Å². The molecule has 0 spiro atoms. The van der Waals surface area contributed by atoms with Crippen LogP contribution in [0.5, 0.6) is 0 Å². The summed E-state index contributed by atoms with van der Waals surface area (Å²) in [6, 6.07) is 0.790. The Morgan fingerprint density at radius 3 is 2.29 bits per heavy atom. The van der Waals surface area contributed by atoms with E-state index in [2.05, 4.69) is 44.1 Å². The van der Waals surface area contributed by atoms with Crippen LogP contribution in [0.25, 0.3) is 0 Å². The highest BCUT2D eigenvalue weighted by Crippen LogP contribution is 2.32. The third-order valence-electron chi connectivity index (χ3n) is 4.84. The zero-order chi connectivity index (χ0) is 12.7. The van der Waals surface area contributed by atoms with Gasteiger partial charge >= 0.3 is 0 Å². The van der Waals surface area contributed by atoms with Crippen molar-refractivity contribution in [3.63, 3.8) is 0 Å². The highest BCUT2D eigenvalue weighted by molar-refractivity contribution is 8.00. The van der Waals surface area contributed by atoms with E-state index in [0.29, 0.717) is 4.75 Å². The highest BCUT2D eigenvalue weighted by atomic mass is 32.2. The molecular formula is C15H31NS. The molecule has 0 bridgehead atoms. The van der Waals surface area contributed by atoms with Gasteiger partial charge in [-0.25, -0.2) is 0 Å². The van der Waals surface area contributed by atoms with Gasteiger partial charge in [0.25, 0.3) is 0 Å². The molecule has 0 aromatic rings. The van der Waals surface area contributed by atoms with Gasteiger partial charge in [0.1, 0.15) is 0 Å². The highest BCUT2D eigenvalue weighted by Gasteiger charge is 2.28. The topological polar surface area (TPSA) is 12.0 Å². The first-order valence-corrected chi connectivity index (χ1v) is 8.72. The Bertz CT molecular complexity index is 193. The largest absolute Gasteiger partial charge is 0.312 e. The summed E-state index contributed by atoms with van der Waals surface area (Å²) in [6.07, 6.45) is 11.9. The first-order chi connectivity index (χ1) is 8.21. The van der Waals surface area contributed by atoms with Gasteiger partial charge in [0.15, 0.2) is 0 Å². The molecule has 0 amide bonds. The molecule has 2 unspecified atom stereocenters. The normalized spacial score (nSPS) is 26.1. The molecule has 2 heteroatoms. The third-order valence-corrected chi connectivity index (χ3v) is 6.43. The van der Waals surface area contributed by atoms with Gasteiger partial charge in [-0.15, -0.1) is 0 Å². The van der Waals surface area contributed by atoms with E-state index in [1.807, 2.05) is 0 Å². The smallest absolute Gasteiger partial charge is 0.0276 e. The summed E-state index contributed by atoms with van der Waals surface area (Å²) >= 11 is 2.05. The van der Waals surface area contributed by atoms with Crippen molar-refractivity contribution in [2.45, 2.75) is 76.5 Å². The molecule has 2 atom stereocenters. The second kappa shape index (κ2) is 7.68. The van der Waals surface area contributed by atoms with Crippen LogP contribution in [-0.2, 0) is 0 Å². The number of hydrogen-bond donors (Lipinski definition) is 1. The number of hydrogen-bond acceptors (Lipinski definition) is 2. The van der Waals surface area contributed by atoms with E-state index < -0.39 is 0 Å². The number of thioether (sulfide) groups is 1. The molecule has 0 aliphatic heterocycles. The lowest BCUT2D eigenvalue weighted by molar-refractivity contribution is 0.248. The molecule has 1 fully saturated rings. The van der Waals surface area contributed by atoms with Crippen molar-refractivity contribution in [3.05, 3.63) is 0 Å². The molecule has 102 valence electrons. The Morgan fingerprint density at radius 2 is 1.76 bits per heavy atom. The lowest BCUT2D eigenvalue weighted by atomic mass is 9.82. The monoisotopic (exact) mass is 257 g/mol. The Morgan fingerprint density at radius 1 is 1.12 bits per heavy atom. The average Bonchev–Trinajstić information content (AvgIpc) is 2.41. The Hall–Kier alpha value is 0.310. The van der Waals surface area contributed by atoms with Crippen LogP contribution in [0.1, 0.15) is 65.7 Å². The molecule has 0 radical (unpaired) electrons. The van der Waals surface area contributed by atoms with Crippen molar-refractivity contribution < 1.29 is 0 Å². The summed E-state index contributed by atoms with van der Waals surface area (Å²) in [6.45, 7) is 8.22. The first kappa shape index (κ1) is 15.4. The minimum absolute atomic E-state index is 0.468. The fourth-order valence-electron chi connectivity index (χ4n) is 3.14. The molecule has 1 aliphatic rings. The molecule has 1 aliphatic carbocycles. The van der Waals surface area contributed by atoms with E-state index >= 15 is 0 Å². The van der Waals surface area contributed by atoms with Gasteiger partial charge < -0.3 is 5.32 Å². The molecule has 0 aromatic heterocycles. The maximum absolute atomic E-state index is 3.90. The standard InChI is InChI=1S/C15H31NS/c1-5-13-10-8-9-11-14(13)16-12-15(6-2,7-3)17-4/h13-14,16H,5-12H2,1-4H3. The van der Waals surface area contributed by atoms with Gasteiger partial charge in [-0.3, -0.25) is 0 Å². The second-order valence-corrected chi connectivity index (χ2v) is 6.81. The molecule has 1 saturated carbocycles. The number of nitrogens with one attached hydrogen (secondary N) is 1. The zero-order valence-corrected chi connectivity index (χ0v) is 13.0.